The number of hydrogen-bond acceptors (Lipinski definition) is 3. The number of aromatic amines is 1. The molecule has 0 saturated carbocycles. The highest BCUT2D eigenvalue weighted by molar-refractivity contribution is 4.87. The third-order valence-corrected chi connectivity index (χ3v) is 2.95. The number of rotatable bonds is 6. The van der Waals surface area contributed by atoms with Gasteiger partial charge in [0.2, 0.25) is 0 Å². The molecule has 4 heteroatoms. The Morgan fingerprint density at radius 2 is 2.56 bits per heavy atom. The maximum atomic E-state index is 5.68. The molecule has 1 N–H and O–H groups in total. The predicted molar refractivity (Wildman–Crippen MR) is 63.1 cm³/mol. The van der Waals surface area contributed by atoms with Crippen molar-refractivity contribution in [1.82, 2.24) is 14.9 Å². The van der Waals surface area contributed by atoms with Gasteiger partial charge < -0.3 is 9.72 Å². The minimum absolute atomic E-state index is 0.432. The Morgan fingerprint density at radius 3 is 3.19 bits per heavy atom. The van der Waals surface area contributed by atoms with E-state index in [1.807, 2.05) is 12.4 Å². The fourth-order valence-electron chi connectivity index (χ4n) is 2.22. The van der Waals surface area contributed by atoms with Gasteiger partial charge in [-0.1, -0.05) is 6.92 Å². The molecular weight excluding hydrogens is 202 g/mol. The lowest BCUT2D eigenvalue weighted by atomic mass is 10.2. The number of ether oxygens (including phenoxy) is 1. The molecule has 0 spiro atoms. The molecule has 1 aromatic heterocycles. The number of hydrogen-bond donors (Lipinski definition) is 1. The van der Waals surface area contributed by atoms with Crippen LogP contribution in [0.5, 0.6) is 0 Å². The summed E-state index contributed by atoms with van der Waals surface area (Å²) in [5.74, 6) is 1.05. The van der Waals surface area contributed by atoms with Crippen LogP contribution in [0.1, 0.15) is 32.0 Å². The first-order chi connectivity index (χ1) is 7.88. The monoisotopic (exact) mass is 223 g/mol. The van der Waals surface area contributed by atoms with Gasteiger partial charge >= 0.3 is 0 Å². The van der Waals surface area contributed by atoms with E-state index in [-0.39, 0.29) is 0 Å². The average Bonchev–Trinajstić information content (AvgIpc) is 2.91. The molecule has 16 heavy (non-hydrogen) atoms. The van der Waals surface area contributed by atoms with Crippen molar-refractivity contribution in [1.29, 1.82) is 0 Å². The van der Waals surface area contributed by atoms with Gasteiger partial charge in [0.25, 0.3) is 0 Å². The summed E-state index contributed by atoms with van der Waals surface area (Å²) in [6.45, 7) is 6.20. The number of nitrogens with zero attached hydrogens (tertiary/aromatic N) is 2. The lowest BCUT2D eigenvalue weighted by molar-refractivity contribution is 0.0698. The van der Waals surface area contributed by atoms with Gasteiger partial charge in [0.1, 0.15) is 5.82 Å². The maximum absolute atomic E-state index is 5.68. The fraction of sp³-hybridized carbons (Fsp3) is 0.750. The van der Waals surface area contributed by atoms with Crippen LogP contribution in [-0.4, -0.2) is 40.7 Å². The summed E-state index contributed by atoms with van der Waals surface area (Å²) in [5.41, 5.74) is 0. The van der Waals surface area contributed by atoms with E-state index in [4.69, 9.17) is 4.74 Å². The zero-order valence-electron chi connectivity index (χ0n) is 9.98. The lowest BCUT2D eigenvalue weighted by Crippen LogP contribution is -2.32. The van der Waals surface area contributed by atoms with E-state index < -0.39 is 0 Å². The largest absolute Gasteiger partial charge is 0.377 e. The summed E-state index contributed by atoms with van der Waals surface area (Å²) in [5, 5.41) is 0. The fourth-order valence-corrected chi connectivity index (χ4v) is 2.22. The van der Waals surface area contributed by atoms with Crippen molar-refractivity contribution in [3.63, 3.8) is 0 Å². The van der Waals surface area contributed by atoms with E-state index in [1.54, 1.807) is 0 Å². The molecule has 0 amide bonds. The molecule has 2 heterocycles. The van der Waals surface area contributed by atoms with Crippen molar-refractivity contribution in [3.8, 4) is 0 Å². The molecule has 1 aromatic rings. The van der Waals surface area contributed by atoms with Gasteiger partial charge in [-0.15, -0.1) is 0 Å². The van der Waals surface area contributed by atoms with E-state index in [0.717, 1.165) is 32.1 Å². The minimum Gasteiger partial charge on any atom is -0.377 e. The Kier molecular flexibility index (Phi) is 4.36. The van der Waals surface area contributed by atoms with Crippen LogP contribution in [0.15, 0.2) is 12.4 Å². The quantitative estimate of drug-likeness (QED) is 0.799. The smallest absolute Gasteiger partial charge is 0.120 e. The van der Waals surface area contributed by atoms with Gasteiger partial charge in [0.05, 0.1) is 12.6 Å². The molecule has 1 aliphatic rings. The summed E-state index contributed by atoms with van der Waals surface area (Å²) >= 11 is 0. The van der Waals surface area contributed by atoms with Crippen molar-refractivity contribution in [2.45, 2.75) is 38.8 Å². The molecule has 90 valence electrons. The van der Waals surface area contributed by atoms with Gasteiger partial charge in [-0.2, -0.15) is 0 Å². The summed E-state index contributed by atoms with van der Waals surface area (Å²) in [6, 6.07) is 0. The van der Waals surface area contributed by atoms with E-state index in [9.17, 15) is 0 Å². The van der Waals surface area contributed by atoms with Gasteiger partial charge in [-0.3, -0.25) is 4.90 Å². The second-order valence-electron chi connectivity index (χ2n) is 4.41. The van der Waals surface area contributed by atoms with E-state index in [0.29, 0.717) is 6.10 Å². The number of H-pyrrole nitrogens is 1. The van der Waals surface area contributed by atoms with Crippen LogP contribution in [0.4, 0.5) is 0 Å². The maximum Gasteiger partial charge on any atom is 0.120 e. The second kappa shape index (κ2) is 6.01. The van der Waals surface area contributed by atoms with Crippen LogP contribution in [0, 0.1) is 0 Å². The Morgan fingerprint density at radius 1 is 1.62 bits per heavy atom. The molecule has 1 fully saturated rings. The zero-order valence-corrected chi connectivity index (χ0v) is 9.98. The average molecular weight is 223 g/mol. The Bertz CT molecular complexity index is 280. The van der Waals surface area contributed by atoms with Crippen LogP contribution in [0.2, 0.25) is 0 Å². The van der Waals surface area contributed by atoms with Crippen LogP contribution in [-0.2, 0) is 11.3 Å². The first-order valence-corrected chi connectivity index (χ1v) is 6.20. The van der Waals surface area contributed by atoms with E-state index in [2.05, 4.69) is 21.8 Å². The lowest BCUT2D eigenvalue weighted by Gasteiger charge is -2.23. The van der Waals surface area contributed by atoms with Crippen LogP contribution >= 0.6 is 0 Å². The standard InChI is InChI=1S/C12H21N3O/c1-2-7-15(9-11-4-3-8-16-11)10-12-13-5-6-14-12/h5-6,11H,2-4,7-10H2,1H3,(H,13,14)/t11-/m0/s1. The molecule has 2 rings (SSSR count). The molecular formula is C12H21N3O. The second-order valence-corrected chi connectivity index (χ2v) is 4.41. The van der Waals surface area contributed by atoms with Crippen molar-refractivity contribution in [3.05, 3.63) is 18.2 Å². The Hall–Kier alpha value is -0.870. The molecule has 0 aromatic carbocycles. The van der Waals surface area contributed by atoms with Crippen LogP contribution in [0.3, 0.4) is 0 Å². The number of nitrogens with one attached hydrogen (secondary N) is 1. The van der Waals surface area contributed by atoms with E-state index in [1.165, 1.54) is 19.3 Å². The summed E-state index contributed by atoms with van der Waals surface area (Å²) in [6.07, 6.45) is 7.72. The van der Waals surface area contributed by atoms with Gasteiger partial charge in [0.15, 0.2) is 0 Å². The molecule has 0 aliphatic carbocycles. The molecule has 4 nitrogen and oxygen atoms in total. The number of imidazole rings is 1. The van der Waals surface area contributed by atoms with Crippen molar-refractivity contribution >= 4 is 0 Å². The number of aromatic nitrogens is 2. The molecule has 1 atom stereocenters. The topological polar surface area (TPSA) is 41.2 Å². The molecule has 0 radical (unpaired) electrons. The van der Waals surface area contributed by atoms with Crippen molar-refractivity contribution < 1.29 is 4.74 Å². The third kappa shape index (κ3) is 3.32. The Balaban J connectivity index is 1.83. The summed E-state index contributed by atoms with van der Waals surface area (Å²) < 4.78 is 5.68. The van der Waals surface area contributed by atoms with Crippen LogP contribution < -0.4 is 0 Å². The molecule has 1 saturated heterocycles. The highest BCUT2D eigenvalue weighted by Gasteiger charge is 2.19. The summed E-state index contributed by atoms with van der Waals surface area (Å²) in [7, 11) is 0. The first kappa shape index (κ1) is 11.6. The van der Waals surface area contributed by atoms with Crippen molar-refractivity contribution in [2.24, 2.45) is 0 Å². The van der Waals surface area contributed by atoms with Gasteiger partial charge in [-0.25, -0.2) is 4.98 Å². The SMILES string of the molecule is CCCN(Cc1ncc[nH]1)C[C@@H]1CCCO1. The van der Waals surface area contributed by atoms with Gasteiger partial charge in [-0.05, 0) is 25.8 Å². The zero-order chi connectivity index (χ0) is 11.2. The molecule has 1 aliphatic heterocycles. The highest BCUT2D eigenvalue weighted by Crippen LogP contribution is 2.14. The normalized spacial score (nSPS) is 20.8. The first-order valence-electron chi connectivity index (χ1n) is 6.20. The van der Waals surface area contributed by atoms with Gasteiger partial charge in [0, 0.05) is 25.5 Å². The van der Waals surface area contributed by atoms with E-state index >= 15 is 0 Å². The molecule has 0 bridgehead atoms. The highest BCUT2D eigenvalue weighted by atomic mass is 16.5. The van der Waals surface area contributed by atoms with Crippen LogP contribution in [0.25, 0.3) is 0 Å². The summed E-state index contributed by atoms with van der Waals surface area (Å²) in [4.78, 5) is 9.86. The van der Waals surface area contributed by atoms with Crippen molar-refractivity contribution in [2.75, 3.05) is 19.7 Å². The molecule has 0 unspecified atom stereocenters. The minimum atomic E-state index is 0.432. The predicted octanol–water partition coefficient (Wildman–Crippen LogP) is 1.80. The third-order valence-electron chi connectivity index (χ3n) is 2.95. The Labute approximate surface area is 97.0 Å².